The molecule has 2 aliphatic rings. The van der Waals surface area contributed by atoms with Gasteiger partial charge in [-0.05, 0) is 44.4 Å². The zero-order chi connectivity index (χ0) is 22.3. The van der Waals surface area contributed by atoms with Crippen LogP contribution in [0, 0.1) is 0 Å². The van der Waals surface area contributed by atoms with Gasteiger partial charge in [-0.3, -0.25) is 9.59 Å². The van der Waals surface area contributed by atoms with Crippen LogP contribution >= 0.6 is 12.6 Å². The zero-order valence-corrected chi connectivity index (χ0v) is 17.3. The number of alkyl halides is 2. The Kier molecular flexibility index (Phi) is 5.91. The maximum atomic E-state index is 13.3. The highest BCUT2D eigenvalue weighted by molar-refractivity contribution is 7.81. The lowest BCUT2D eigenvalue weighted by Gasteiger charge is -2.32. The third-order valence-corrected chi connectivity index (χ3v) is 5.43. The number of aliphatic hydroxyl groups is 2. The van der Waals surface area contributed by atoms with Gasteiger partial charge in [0, 0.05) is 4.75 Å². The van der Waals surface area contributed by atoms with Gasteiger partial charge in [-0.25, -0.2) is 0 Å². The largest absolute Gasteiger partial charge is 0.586 e. The SMILES string of the molecule is CC(C)(S)[C@H](NC(=O)C1(c2ccc3c(c2)OC(F)(F)O3)CC1)C(=O)NC(CO)CO. The molecule has 0 radical (unpaired) electrons. The average Bonchev–Trinajstić information content (AvgIpc) is 3.39. The molecule has 0 spiro atoms. The molecule has 1 fully saturated rings. The second-order valence-electron chi connectivity index (χ2n) is 8.04. The number of carbonyl (C=O) groups excluding carboxylic acids is 2. The summed E-state index contributed by atoms with van der Waals surface area (Å²) >= 11 is 4.40. The van der Waals surface area contributed by atoms with E-state index in [1.54, 1.807) is 13.8 Å². The maximum absolute atomic E-state index is 13.3. The Labute approximate surface area is 177 Å². The number of thiol groups is 1. The van der Waals surface area contributed by atoms with Gasteiger partial charge in [0.05, 0.1) is 24.7 Å². The normalized spacial score (nSPS) is 19.3. The molecule has 166 valence electrons. The van der Waals surface area contributed by atoms with E-state index < -0.39 is 53.6 Å². The van der Waals surface area contributed by atoms with Gasteiger partial charge in [-0.2, -0.15) is 12.6 Å². The first kappa shape index (κ1) is 22.6. The van der Waals surface area contributed by atoms with E-state index >= 15 is 0 Å². The Morgan fingerprint density at radius 3 is 2.30 bits per heavy atom. The van der Waals surface area contributed by atoms with Gasteiger partial charge >= 0.3 is 6.29 Å². The van der Waals surface area contributed by atoms with Crippen LogP contribution in [0.5, 0.6) is 11.5 Å². The summed E-state index contributed by atoms with van der Waals surface area (Å²) in [5.41, 5.74) is -0.513. The number of amides is 2. The number of fused-ring (bicyclic) bond motifs is 1. The molecule has 11 heteroatoms. The predicted octanol–water partition coefficient (Wildman–Crippen LogP) is 0.702. The van der Waals surface area contributed by atoms with Gasteiger partial charge in [0.1, 0.15) is 6.04 Å². The molecule has 0 bridgehead atoms. The minimum Gasteiger partial charge on any atom is -0.395 e. The fourth-order valence-corrected chi connectivity index (χ4v) is 3.47. The summed E-state index contributed by atoms with van der Waals surface area (Å²) in [4.78, 5) is 25.7. The molecule has 1 aromatic rings. The van der Waals surface area contributed by atoms with Crippen molar-refractivity contribution in [3.63, 3.8) is 0 Å². The fraction of sp³-hybridized carbons (Fsp3) is 0.579. The highest BCUT2D eigenvalue weighted by Crippen LogP contribution is 2.52. The quantitative estimate of drug-likeness (QED) is 0.376. The zero-order valence-electron chi connectivity index (χ0n) is 16.4. The molecule has 30 heavy (non-hydrogen) atoms. The number of rotatable bonds is 8. The van der Waals surface area contributed by atoms with Crippen molar-refractivity contribution in [3.8, 4) is 11.5 Å². The summed E-state index contributed by atoms with van der Waals surface area (Å²) in [5, 5.41) is 23.5. The summed E-state index contributed by atoms with van der Waals surface area (Å²) in [5.74, 6) is -1.35. The Morgan fingerprint density at radius 1 is 1.17 bits per heavy atom. The Morgan fingerprint density at radius 2 is 1.77 bits per heavy atom. The number of aliphatic hydroxyl groups excluding tert-OH is 2. The highest BCUT2D eigenvalue weighted by atomic mass is 32.1. The van der Waals surface area contributed by atoms with Crippen LogP contribution in [0.2, 0.25) is 0 Å². The molecule has 0 saturated heterocycles. The van der Waals surface area contributed by atoms with E-state index in [-0.39, 0.29) is 11.5 Å². The van der Waals surface area contributed by atoms with E-state index in [1.165, 1.54) is 18.2 Å². The van der Waals surface area contributed by atoms with Crippen LogP contribution in [0.15, 0.2) is 18.2 Å². The third kappa shape index (κ3) is 4.47. The maximum Gasteiger partial charge on any atom is 0.586 e. The lowest BCUT2D eigenvalue weighted by atomic mass is 9.93. The van der Waals surface area contributed by atoms with Gasteiger partial charge in [0.15, 0.2) is 11.5 Å². The number of carbonyl (C=O) groups is 2. The molecule has 0 aromatic heterocycles. The number of benzene rings is 1. The smallest absolute Gasteiger partial charge is 0.395 e. The van der Waals surface area contributed by atoms with Crippen molar-refractivity contribution in [2.24, 2.45) is 0 Å². The van der Waals surface area contributed by atoms with Gasteiger partial charge in [0.25, 0.3) is 0 Å². The number of halogens is 2. The Hall–Kier alpha value is -2.11. The van der Waals surface area contributed by atoms with Crippen LogP contribution in [-0.4, -0.2) is 58.4 Å². The van der Waals surface area contributed by atoms with Crippen LogP contribution in [0.3, 0.4) is 0 Å². The number of nitrogens with one attached hydrogen (secondary N) is 2. The van der Waals surface area contributed by atoms with Crippen molar-refractivity contribution < 1.29 is 38.1 Å². The molecular formula is C19H24F2N2O6S. The molecule has 1 aliphatic heterocycles. The van der Waals surface area contributed by atoms with Crippen molar-refractivity contribution in [1.29, 1.82) is 0 Å². The van der Waals surface area contributed by atoms with E-state index in [2.05, 4.69) is 32.7 Å². The molecular weight excluding hydrogens is 422 g/mol. The molecule has 1 aromatic carbocycles. The monoisotopic (exact) mass is 446 g/mol. The van der Waals surface area contributed by atoms with Crippen LogP contribution < -0.4 is 20.1 Å². The van der Waals surface area contributed by atoms with Gasteiger partial charge in [-0.1, -0.05) is 6.07 Å². The summed E-state index contributed by atoms with van der Waals surface area (Å²) in [6.07, 6.45) is -2.83. The molecule has 4 N–H and O–H groups in total. The molecule has 0 unspecified atom stereocenters. The number of hydrogen-bond donors (Lipinski definition) is 5. The van der Waals surface area contributed by atoms with Crippen molar-refractivity contribution in [2.75, 3.05) is 13.2 Å². The van der Waals surface area contributed by atoms with Crippen LogP contribution in [0.25, 0.3) is 0 Å². The van der Waals surface area contributed by atoms with Gasteiger partial charge in [0.2, 0.25) is 11.8 Å². The lowest BCUT2D eigenvalue weighted by molar-refractivity contribution is -0.286. The minimum absolute atomic E-state index is 0.118. The second-order valence-corrected chi connectivity index (χ2v) is 9.19. The van der Waals surface area contributed by atoms with Crippen molar-refractivity contribution in [1.82, 2.24) is 10.6 Å². The first-order chi connectivity index (χ1) is 13.9. The average molecular weight is 446 g/mol. The summed E-state index contributed by atoms with van der Waals surface area (Å²) in [6.45, 7) is 2.33. The van der Waals surface area contributed by atoms with Crippen molar-refractivity contribution in [2.45, 2.75) is 55.2 Å². The fourth-order valence-electron chi connectivity index (χ4n) is 3.28. The molecule has 8 nitrogen and oxygen atoms in total. The van der Waals surface area contributed by atoms with Crippen LogP contribution in [0.1, 0.15) is 32.3 Å². The lowest BCUT2D eigenvalue weighted by Crippen LogP contribution is -2.59. The third-order valence-electron chi connectivity index (χ3n) is 5.17. The van der Waals surface area contributed by atoms with Crippen LogP contribution in [-0.2, 0) is 15.0 Å². The summed E-state index contributed by atoms with van der Waals surface area (Å²) in [7, 11) is 0. The molecule has 1 atom stereocenters. The standard InChI is InChI=1S/C19H24F2N2O6S/c1-17(2,30)14(15(26)22-11(8-24)9-25)23-16(27)18(5-6-18)10-3-4-12-13(7-10)29-19(20,21)28-12/h3-4,7,11,14,24-25,30H,5-6,8-9H2,1-2H3,(H,22,26)(H,23,27)/t14-/m1/s1. The Balaban J connectivity index is 1.79. The van der Waals surface area contributed by atoms with E-state index in [0.717, 1.165) is 0 Å². The molecule has 1 aliphatic carbocycles. The topological polar surface area (TPSA) is 117 Å². The molecule has 1 saturated carbocycles. The van der Waals surface area contributed by atoms with Gasteiger partial charge < -0.3 is 30.3 Å². The predicted molar refractivity (Wildman–Crippen MR) is 105 cm³/mol. The minimum atomic E-state index is -3.75. The van der Waals surface area contributed by atoms with Crippen LogP contribution in [0.4, 0.5) is 8.78 Å². The number of hydrogen-bond acceptors (Lipinski definition) is 7. The molecule has 3 rings (SSSR count). The summed E-state index contributed by atoms with van der Waals surface area (Å²) < 4.78 is 34.4. The Bertz CT molecular complexity index is 837. The number of ether oxygens (including phenoxy) is 2. The second kappa shape index (κ2) is 7.86. The highest BCUT2D eigenvalue weighted by Gasteiger charge is 2.54. The first-order valence-electron chi connectivity index (χ1n) is 9.38. The van der Waals surface area contributed by atoms with E-state index in [9.17, 15) is 28.6 Å². The van der Waals surface area contributed by atoms with Crippen molar-refractivity contribution in [3.05, 3.63) is 23.8 Å². The van der Waals surface area contributed by atoms with E-state index in [1.807, 2.05) is 0 Å². The molecule has 1 heterocycles. The first-order valence-corrected chi connectivity index (χ1v) is 9.82. The van der Waals surface area contributed by atoms with Gasteiger partial charge in [-0.15, -0.1) is 8.78 Å². The molecule has 2 amide bonds. The summed E-state index contributed by atoms with van der Waals surface area (Å²) in [6, 6.07) is 2.23. The van der Waals surface area contributed by atoms with E-state index in [4.69, 9.17) is 0 Å². The van der Waals surface area contributed by atoms with Crippen molar-refractivity contribution >= 4 is 24.4 Å². The van der Waals surface area contributed by atoms with E-state index in [0.29, 0.717) is 18.4 Å².